The highest BCUT2D eigenvalue weighted by atomic mass is 79.9. The van der Waals surface area contributed by atoms with Crippen molar-refractivity contribution in [2.24, 2.45) is 0 Å². The Morgan fingerprint density at radius 2 is 2.15 bits per heavy atom. The standard InChI is InChI=1S/C15H18BrNO3/c1-3-9-15(2,14(19)20)17-13(18)8-7-11-5-4-6-12(16)10-11/h4-8,10H,3,9H2,1-2H3,(H,17,18)(H,19,20)/b8-7+. The van der Waals surface area contributed by atoms with Gasteiger partial charge >= 0.3 is 5.97 Å². The molecule has 1 amide bonds. The fourth-order valence-electron chi connectivity index (χ4n) is 1.82. The molecule has 0 aliphatic rings. The van der Waals surface area contributed by atoms with E-state index < -0.39 is 17.4 Å². The third kappa shape index (κ3) is 4.81. The van der Waals surface area contributed by atoms with E-state index in [4.69, 9.17) is 0 Å². The summed E-state index contributed by atoms with van der Waals surface area (Å²) in [6.45, 7) is 3.40. The number of hydrogen-bond donors (Lipinski definition) is 2. The summed E-state index contributed by atoms with van der Waals surface area (Å²) in [5, 5.41) is 11.7. The van der Waals surface area contributed by atoms with E-state index in [0.717, 1.165) is 10.0 Å². The van der Waals surface area contributed by atoms with Gasteiger partial charge in [-0.05, 0) is 37.1 Å². The lowest BCUT2D eigenvalue weighted by molar-refractivity contribution is -0.146. The average Bonchev–Trinajstić information content (AvgIpc) is 2.36. The largest absolute Gasteiger partial charge is 0.480 e. The lowest BCUT2D eigenvalue weighted by Crippen LogP contribution is -2.51. The number of hydrogen-bond acceptors (Lipinski definition) is 2. The van der Waals surface area contributed by atoms with Crippen molar-refractivity contribution >= 4 is 33.9 Å². The van der Waals surface area contributed by atoms with Crippen molar-refractivity contribution in [2.75, 3.05) is 0 Å². The number of aliphatic carboxylic acids is 1. The molecule has 0 bridgehead atoms. The van der Waals surface area contributed by atoms with Crippen molar-refractivity contribution in [3.8, 4) is 0 Å². The normalized spacial score (nSPS) is 13.9. The van der Waals surface area contributed by atoms with Crippen LogP contribution < -0.4 is 5.32 Å². The van der Waals surface area contributed by atoms with Gasteiger partial charge in [-0.15, -0.1) is 0 Å². The van der Waals surface area contributed by atoms with Crippen LogP contribution in [0.2, 0.25) is 0 Å². The topological polar surface area (TPSA) is 66.4 Å². The van der Waals surface area contributed by atoms with Gasteiger partial charge in [-0.1, -0.05) is 41.4 Å². The molecule has 4 nitrogen and oxygen atoms in total. The number of halogens is 1. The molecular formula is C15H18BrNO3. The van der Waals surface area contributed by atoms with Gasteiger partial charge in [0.2, 0.25) is 5.91 Å². The van der Waals surface area contributed by atoms with E-state index in [1.165, 1.54) is 13.0 Å². The smallest absolute Gasteiger partial charge is 0.329 e. The molecule has 0 heterocycles. The first-order valence-corrected chi connectivity index (χ1v) is 7.16. The summed E-state index contributed by atoms with van der Waals surface area (Å²) in [5.41, 5.74) is -0.366. The minimum atomic E-state index is -1.23. The Morgan fingerprint density at radius 3 is 2.70 bits per heavy atom. The number of carbonyl (C=O) groups excluding carboxylic acids is 1. The van der Waals surface area contributed by atoms with Gasteiger partial charge in [-0.25, -0.2) is 4.79 Å². The summed E-state index contributed by atoms with van der Waals surface area (Å²) < 4.78 is 0.918. The summed E-state index contributed by atoms with van der Waals surface area (Å²) in [4.78, 5) is 23.0. The molecule has 0 aliphatic carbocycles. The molecule has 0 aliphatic heterocycles. The highest BCUT2D eigenvalue weighted by Crippen LogP contribution is 2.14. The van der Waals surface area contributed by atoms with E-state index in [2.05, 4.69) is 21.2 Å². The first kappa shape index (κ1) is 16.4. The van der Waals surface area contributed by atoms with Crippen LogP contribution in [0.15, 0.2) is 34.8 Å². The van der Waals surface area contributed by atoms with Crippen LogP contribution >= 0.6 is 15.9 Å². The number of amides is 1. The zero-order chi connectivity index (χ0) is 15.2. The second-order valence-electron chi connectivity index (χ2n) is 4.76. The molecule has 1 aromatic rings. The van der Waals surface area contributed by atoms with Crippen molar-refractivity contribution < 1.29 is 14.7 Å². The maximum Gasteiger partial charge on any atom is 0.329 e. The molecule has 0 radical (unpaired) electrons. The van der Waals surface area contributed by atoms with Gasteiger partial charge in [-0.2, -0.15) is 0 Å². The Balaban J connectivity index is 2.73. The monoisotopic (exact) mass is 339 g/mol. The number of carboxylic acid groups (broad SMARTS) is 1. The average molecular weight is 340 g/mol. The van der Waals surface area contributed by atoms with Gasteiger partial charge in [0.15, 0.2) is 0 Å². The summed E-state index contributed by atoms with van der Waals surface area (Å²) in [7, 11) is 0. The SMILES string of the molecule is CCCC(C)(NC(=O)/C=C/c1cccc(Br)c1)C(=O)O. The quantitative estimate of drug-likeness (QED) is 0.782. The Kier molecular flexibility index (Phi) is 5.95. The Morgan fingerprint density at radius 1 is 1.45 bits per heavy atom. The second-order valence-corrected chi connectivity index (χ2v) is 5.68. The van der Waals surface area contributed by atoms with Gasteiger partial charge < -0.3 is 10.4 Å². The zero-order valence-electron chi connectivity index (χ0n) is 11.5. The van der Waals surface area contributed by atoms with Crippen molar-refractivity contribution in [3.05, 3.63) is 40.4 Å². The highest BCUT2D eigenvalue weighted by Gasteiger charge is 2.33. The number of nitrogens with one attached hydrogen (secondary N) is 1. The molecule has 2 N–H and O–H groups in total. The molecule has 0 aromatic heterocycles. The van der Waals surface area contributed by atoms with E-state index >= 15 is 0 Å². The van der Waals surface area contributed by atoms with E-state index in [1.807, 2.05) is 31.2 Å². The fourth-order valence-corrected chi connectivity index (χ4v) is 2.24. The van der Waals surface area contributed by atoms with Crippen LogP contribution in [-0.2, 0) is 9.59 Å². The van der Waals surface area contributed by atoms with Gasteiger partial charge in [0, 0.05) is 10.5 Å². The third-order valence-electron chi connectivity index (χ3n) is 2.90. The van der Waals surface area contributed by atoms with E-state index in [-0.39, 0.29) is 0 Å². The lowest BCUT2D eigenvalue weighted by atomic mass is 9.96. The van der Waals surface area contributed by atoms with Crippen molar-refractivity contribution in [1.82, 2.24) is 5.32 Å². The van der Waals surface area contributed by atoms with Crippen LogP contribution in [0.5, 0.6) is 0 Å². The first-order chi connectivity index (χ1) is 9.37. The molecular weight excluding hydrogens is 322 g/mol. The van der Waals surface area contributed by atoms with E-state index in [1.54, 1.807) is 6.08 Å². The molecule has 0 saturated carbocycles. The van der Waals surface area contributed by atoms with Gasteiger partial charge in [0.05, 0.1) is 0 Å². The Hall–Kier alpha value is -1.62. The molecule has 1 aromatic carbocycles. The first-order valence-electron chi connectivity index (χ1n) is 6.36. The van der Waals surface area contributed by atoms with Crippen LogP contribution in [-0.4, -0.2) is 22.5 Å². The molecule has 1 rings (SSSR count). The van der Waals surface area contributed by atoms with Crippen molar-refractivity contribution in [1.29, 1.82) is 0 Å². The molecule has 0 spiro atoms. The van der Waals surface area contributed by atoms with Gasteiger partial charge in [0.25, 0.3) is 0 Å². The number of carbonyl (C=O) groups is 2. The number of carboxylic acids is 1. The third-order valence-corrected chi connectivity index (χ3v) is 3.39. The molecule has 5 heteroatoms. The molecule has 1 atom stereocenters. The maximum absolute atomic E-state index is 11.8. The number of benzene rings is 1. The highest BCUT2D eigenvalue weighted by molar-refractivity contribution is 9.10. The van der Waals surface area contributed by atoms with Gasteiger partial charge in [-0.3, -0.25) is 4.79 Å². The van der Waals surface area contributed by atoms with Crippen LogP contribution in [0, 0.1) is 0 Å². The van der Waals surface area contributed by atoms with Crippen LogP contribution in [0.1, 0.15) is 32.3 Å². The molecule has 1 unspecified atom stereocenters. The Labute approximate surface area is 127 Å². The fraction of sp³-hybridized carbons (Fsp3) is 0.333. The maximum atomic E-state index is 11.8. The van der Waals surface area contributed by atoms with Crippen LogP contribution in [0.25, 0.3) is 6.08 Å². The summed E-state index contributed by atoms with van der Waals surface area (Å²) in [6.07, 6.45) is 4.06. The molecule has 20 heavy (non-hydrogen) atoms. The van der Waals surface area contributed by atoms with E-state index in [0.29, 0.717) is 12.8 Å². The summed E-state index contributed by atoms with van der Waals surface area (Å²) >= 11 is 3.35. The summed E-state index contributed by atoms with van der Waals surface area (Å²) in [5.74, 6) is -1.44. The second kappa shape index (κ2) is 7.24. The minimum absolute atomic E-state index is 0.388. The van der Waals surface area contributed by atoms with E-state index in [9.17, 15) is 14.7 Å². The molecule has 0 fully saturated rings. The van der Waals surface area contributed by atoms with Crippen LogP contribution in [0.4, 0.5) is 0 Å². The minimum Gasteiger partial charge on any atom is -0.480 e. The zero-order valence-corrected chi connectivity index (χ0v) is 13.1. The predicted molar refractivity (Wildman–Crippen MR) is 82.3 cm³/mol. The lowest BCUT2D eigenvalue weighted by Gasteiger charge is -2.24. The predicted octanol–water partition coefficient (Wildman–Crippen LogP) is 3.22. The summed E-state index contributed by atoms with van der Waals surface area (Å²) in [6, 6.07) is 7.48. The molecule has 0 saturated heterocycles. The van der Waals surface area contributed by atoms with Crippen molar-refractivity contribution in [2.45, 2.75) is 32.2 Å². The Bertz CT molecular complexity index is 528. The number of rotatable bonds is 6. The van der Waals surface area contributed by atoms with Gasteiger partial charge in [0.1, 0.15) is 5.54 Å². The van der Waals surface area contributed by atoms with Crippen molar-refractivity contribution in [3.63, 3.8) is 0 Å². The molecule has 108 valence electrons. The van der Waals surface area contributed by atoms with Crippen LogP contribution in [0.3, 0.4) is 0 Å².